The van der Waals surface area contributed by atoms with Crippen LogP contribution in [0.1, 0.15) is 66.9 Å². The average Bonchev–Trinajstić information content (AvgIpc) is 2.97. The van der Waals surface area contributed by atoms with Gasteiger partial charge in [-0.25, -0.2) is 8.78 Å². The van der Waals surface area contributed by atoms with Crippen LogP contribution in [0.4, 0.5) is 8.78 Å². The zero-order valence-corrected chi connectivity index (χ0v) is 23.3. The molecular weight excluding hydrogens is 516 g/mol. The summed E-state index contributed by atoms with van der Waals surface area (Å²) in [5.74, 6) is -1.66. The zero-order chi connectivity index (χ0) is 28.6. The average molecular weight is 556 g/mol. The van der Waals surface area contributed by atoms with Crippen molar-refractivity contribution in [3.63, 3.8) is 0 Å². The lowest BCUT2D eigenvalue weighted by atomic mass is 9.85. The maximum absolute atomic E-state index is 13.9. The van der Waals surface area contributed by atoms with E-state index >= 15 is 0 Å². The number of rotatable bonds is 10. The first-order valence-corrected chi connectivity index (χ1v) is 14.2. The summed E-state index contributed by atoms with van der Waals surface area (Å²) in [6.07, 6.45) is 3.19. The summed E-state index contributed by atoms with van der Waals surface area (Å²) < 4.78 is 32.4. The summed E-state index contributed by atoms with van der Waals surface area (Å²) in [6.45, 7) is 6.21. The van der Waals surface area contributed by atoms with Gasteiger partial charge in [0.15, 0.2) is 5.78 Å². The van der Waals surface area contributed by atoms with E-state index in [1.807, 2.05) is 32.0 Å². The number of nitrogens with one attached hydrogen (secondary N) is 2. The van der Waals surface area contributed by atoms with Crippen molar-refractivity contribution in [2.24, 2.45) is 11.8 Å². The van der Waals surface area contributed by atoms with E-state index in [-0.39, 0.29) is 48.4 Å². The van der Waals surface area contributed by atoms with Crippen molar-refractivity contribution in [2.75, 3.05) is 32.8 Å². The second-order valence-electron chi connectivity index (χ2n) is 11.1. The molecule has 4 rings (SSSR count). The molecule has 7 nitrogen and oxygen atoms in total. The highest BCUT2D eigenvalue weighted by atomic mass is 19.1. The molecule has 40 heavy (non-hydrogen) atoms. The summed E-state index contributed by atoms with van der Waals surface area (Å²) in [7, 11) is 0. The van der Waals surface area contributed by atoms with Gasteiger partial charge in [0, 0.05) is 61.9 Å². The highest BCUT2D eigenvalue weighted by Crippen LogP contribution is 2.28. The molecule has 2 aromatic rings. The van der Waals surface area contributed by atoms with Gasteiger partial charge in [-0.3, -0.25) is 14.4 Å². The summed E-state index contributed by atoms with van der Waals surface area (Å²) in [5, 5.41) is 5.98. The van der Waals surface area contributed by atoms with E-state index in [9.17, 15) is 23.2 Å². The summed E-state index contributed by atoms with van der Waals surface area (Å²) in [4.78, 5) is 40.9. The van der Waals surface area contributed by atoms with Gasteiger partial charge in [0.05, 0.1) is 12.6 Å². The minimum absolute atomic E-state index is 0.0358. The fourth-order valence-corrected chi connectivity index (χ4v) is 5.54. The smallest absolute Gasteiger partial charge is 0.251 e. The van der Waals surface area contributed by atoms with Crippen LogP contribution in [-0.4, -0.2) is 61.4 Å². The van der Waals surface area contributed by atoms with Crippen molar-refractivity contribution >= 4 is 17.6 Å². The minimum Gasteiger partial charge on any atom is -0.381 e. The van der Waals surface area contributed by atoms with Gasteiger partial charge in [-0.05, 0) is 55.4 Å². The molecule has 2 aromatic carbocycles. The number of benzene rings is 2. The van der Waals surface area contributed by atoms with Gasteiger partial charge in [-0.15, -0.1) is 0 Å². The van der Waals surface area contributed by atoms with E-state index < -0.39 is 17.7 Å². The topological polar surface area (TPSA) is 87.7 Å². The predicted octanol–water partition coefficient (Wildman–Crippen LogP) is 4.21. The number of halogens is 2. The lowest BCUT2D eigenvalue weighted by Gasteiger charge is -2.33. The maximum atomic E-state index is 13.9. The van der Waals surface area contributed by atoms with E-state index in [1.54, 1.807) is 11.0 Å². The molecule has 216 valence electrons. The minimum atomic E-state index is -0.644. The molecule has 0 spiro atoms. The number of ether oxygens (including phenoxy) is 1. The number of hydrogen-bond donors (Lipinski definition) is 2. The summed E-state index contributed by atoms with van der Waals surface area (Å²) in [6, 6.07) is 10.3. The van der Waals surface area contributed by atoms with Gasteiger partial charge in [-0.1, -0.05) is 32.0 Å². The van der Waals surface area contributed by atoms with Crippen LogP contribution in [0, 0.1) is 23.5 Å². The highest BCUT2D eigenvalue weighted by molar-refractivity contribution is 5.98. The van der Waals surface area contributed by atoms with Gasteiger partial charge in [0.2, 0.25) is 5.91 Å². The van der Waals surface area contributed by atoms with Gasteiger partial charge in [0.25, 0.3) is 5.91 Å². The Morgan fingerprint density at radius 3 is 2.55 bits per heavy atom. The van der Waals surface area contributed by atoms with E-state index in [2.05, 4.69) is 10.6 Å². The lowest BCUT2D eigenvalue weighted by Crippen LogP contribution is -2.49. The Morgan fingerprint density at radius 1 is 1.05 bits per heavy atom. The Kier molecular flexibility index (Phi) is 10.4. The quantitative estimate of drug-likeness (QED) is 0.459. The van der Waals surface area contributed by atoms with Gasteiger partial charge in [-0.2, -0.15) is 0 Å². The number of likely N-dealkylation sites (tertiary alicyclic amines) is 1. The zero-order valence-electron chi connectivity index (χ0n) is 23.3. The summed E-state index contributed by atoms with van der Waals surface area (Å²) >= 11 is 0. The third-order valence-corrected chi connectivity index (χ3v) is 7.90. The van der Waals surface area contributed by atoms with Gasteiger partial charge < -0.3 is 20.3 Å². The van der Waals surface area contributed by atoms with E-state index in [0.29, 0.717) is 37.4 Å². The molecule has 2 amide bonds. The standard InChI is InChI=1S/C31H39F2N3O4/c1-20(2)30(38)29(21-10-13-40-14-11-21)35-31(39)23-6-3-5-22(15-23)25-7-4-12-36(19-25)28(37)18-34-17-24-8-9-26(32)16-27(24)33/h3,5-6,8-9,15-16,20-21,25,29,34H,4,7,10-14,17-19H2,1-2H3,(H,35,39)/t25-,29-/m1/s1. The second-order valence-corrected chi connectivity index (χ2v) is 11.1. The molecule has 2 N–H and O–H groups in total. The molecule has 2 heterocycles. The van der Waals surface area contributed by atoms with Crippen LogP contribution in [0.5, 0.6) is 0 Å². The van der Waals surface area contributed by atoms with Crippen molar-refractivity contribution in [1.29, 1.82) is 0 Å². The largest absolute Gasteiger partial charge is 0.381 e. The normalized spacial score (nSPS) is 18.9. The van der Waals surface area contributed by atoms with E-state index in [0.717, 1.165) is 37.3 Å². The number of hydrogen-bond acceptors (Lipinski definition) is 5. The Labute approximate surface area is 234 Å². The Hall–Kier alpha value is -3.17. The Balaban J connectivity index is 1.36. The third-order valence-electron chi connectivity index (χ3n) is 7.90. The van der Waals surface area contributed by atoms with Gasteiger partial charge in [0.1, 0.15) is 11.6 Å². The van der Waals surface area contributed by atoms with Crippen molar-refractivity contribution < 1.29 is 27.9 Å². The molecule has 0 saturated carbocycles. The number of carbonyl (C=O) groups is 3. The molecule has 2 fully saturated rings. The molecule has 0 radical (unpaired) electrons. The third kappa shape index (κ3) is 7.73. The first-order valence-electron chi connectivity index (χ1n) is 14.2. The second kappa shape index (κ2) is 13.9. The predicted molar refractivity (Wildman–Crippen MR) is 148 cm³/mol. The molecule has 2 aliphatic rings. The van der Waals surface area contributed by atoms with Crippen LogP contribution in [0.25, 0.3) is 0 Å². The molecule has 9 heteroatoms. The monoisotopic (exact) mass is 555 g/mol. The van der Waals surface area contributed by atoms with Crippen LogP contribution in [0.3, 0.4) is 0 Å². The van der Waals surface area contributed by atoms with E-state index in [4.69, 9.17) is 4.74 Å². The van der Waals surface area contributed by atoms with Crippen LogP contribution < -0.4 is 10.6 Å². The molecule has 2 aliphatic heterocycles. The molecular formula is C31H39F2N3O4. The van der Waals surface area contributed by atoms with Crippen molar-refractivity contribution in [3.8, 4) is 0 Å². The molecule has 2 atom stereocenters. The number of ketones is 1. The van der Waals surface area contributed by atoms with Crippen LogP contribution in [0.2, 0.25) is 0 Å². The lowest BCUT2D eigenvalue weighted by molar-refractivity contribution is -0.131. The van der Waals surface area contributed by atoms with Gasteiger partial charge >= 0.3 is 0 Å². The number of piperidine rings is 1. The number of carbonyl (C=O) groups excluding carboxylic acids is 3. The van der Waals surface area contributed by atoms with E-state index in [1.165, 1.54) is 12.1 Å². The molecule has 0 bridgehead atoms. The SMILES string of the molecule is CC(C)C(=O)[C@H](NC(=O)c1cccc([C@@H]2CCCN(C(=O)CNCc3ccc(F)cc3F)C2)c1)C1CCOCC1. The van der Waals surface area contributed by atoms with Crippen LogP contribution in [0.15, 0.2) is 42.5 Å². The fraction of sp³-hybridized carbons (Fsp3) is 0.516. The van der Waals surface area contributed by atoms with Crippen molar-refractivity contribution in [2.45, 2.75) is 58.0 Å². The first-order chi connectivity index (χ1) is 19.2. The molecule has 0 unspecified atom stereocenters. The van der Waals surface area contributed by atoms with Crippen molar-refractivity contribution in [1.82, 2.24) is 15.5 Å². The summed E-state index contributed by atoms with van der Waals surface area (Å²) in [5.41, 5.74) is 1.77. The number of amides is 2. The van der Waals surface area contributed by atoms with Crippen molar-refractivity contribution in [3.05, 3.63) is 70.8 Å². The maximum Gasteiger partial charge on any atom is 0.251 e. The Morgan fingerprint density at radius 2 is 1.82 bits per heavy atom. The molecule has 0 aromatic heterocycles. The molecule has 0 aliphatic carbocycles. The number of Topliss-reactive ketones (excluding diaryl/α,β-unsaturated/α-hetero) is 1. The highest BCUT2D eigenvalue weighted by Gasteiger charge is 2.33. The van der Waals surface area contributed by atoms with Crippen LogP contribution >= 0.6 is 0 Å². The molecule has 2 saturated heterocycles. The van der Waals surface area contributed by atoms with Crippen LogP contribution in [-0.2, 0) is 20.9 Å². The first kappa shape index (κ1) is 29.8. The fourth-order valence-electron chi connectivity index (χ4n) is 5.54. The Bertz CT molecular complexity index is 1200. The number of nitrogens with zero attached hydrogens (tertiary/aromatic N) is 1.